The minimum absolute atomic E-state index is 0.000264. The Morgan fingerprint density at radius 1 is 0.426 bits per heavy atom. The van der Waals surface area contributed by atoms with Crippen molar-refractivity contribution in [3.05, 3.63) is 0 Å². The van der Waals surface area contributed by atoms with Gasteiger partial charge in [-0.1, -0.05) is 118 Å². The highest BCUT2D eigenvalue weighted by atomic mass is 16.7. The van der Waals surface area contributed by atoms with Crippen LogP contribution < -0.4 is 26.6 Å². The molecule has 0 spiro atoms. The predicted octanol–water partition coefficient (Wildman–Crippen LogP) is 5.29. The van der Waals surface area contributed by atoms with E-state index in [1.165, 1.54) is 13.1 Å². The highest BCUT2D eigenvalue weighted by Crippen LogP contribution is 2.40. The first-order valence-corrected chi connectivity index (χ1v) is 47.6. The molecule has 746 valence electrons. The fraction of sp³-hybridized carbons (Fsp3) is 0.880. The average Bonchev–Trinajstić information content (AvgIpc) is 0.779. The van der Waals surface area contributed by atoms with Crippen LogP contribution in [0.1, 0.15) is 287 Å². The zero-order valence-electron chi connectivity index (χ0n) is 78.3. The lowest BCUT2D eigenvalue weighted by Gasteiger charge is -2.46. The molecule has 0 radical (unpaired) electrons. The van der Waals surface area contributed by atoms with E-state index >= 15 is 0 Å². The maximum absolute atomic E-state index is 14.1. The third-order valence-electron chi connectivity index (χ3n) is 24.0. The van der Waals surface area contributed by atoms with E-state index in [1.54, 1.807) is 13.8 Å². The van der Waals surface area contributed by atoms with Crippen molar-refractivity contribution in [2.24, 2.45) is 34.2 Å². The van der Waals surface area contributed by atoms with Crippen molar-refractivity contribution < 1.29 is 151 Å². The summed E-state index contributed by atoms with van der Waals surface area (Å²) >= 11 is 0. The molecule has 4 fully saturated rings. The lowest BCUT2D eigenvalue weighted by Crippen LogP contribution is -2.62. The molecule has 0 aromatic heterocycles. The number of ketones is 4. The number of rotatable bonds is 74. The number of oxime groups is 1. The first kappa shape index (κ1) is 116. The number of carbonyl (C=O) groups is 10. The SMILES string of the molecule is CC(=O)N[C@H]1C(O)C[C@](CC(C)(C)C)(OC=O)OC1C=NOCC(=O)NCCCCCCCCCCCCC(=O)NC(COCCC(=O)CCCCCC(=O)CCCCO[C@H]1OC(CO)[C@@H](O)C(C)[C@H]1C)(COCCC(=O)CCCCCC(=O)CCCCO[C@H]1OC(CO)[C@@H](O)C(O)[C@H]1C)COCCC(=O)NCCCNC(=O)CCCCO[C@H]1OC(CO)[C@@H](O)C(O)[C@H]1C. The summed E-state index contributed by atoms with van der Waals surface area (Å²) in [5.41, 5.74) is -1.71. The third kappa shape index (κ3) is 47.8. The van der Waals surface area contributed by atoms with Crippen LogP contribution in [0, 0.1) is 29.1 Å². The van der Waals surface area contributed by atoms with Gasteiger partial charge in [0.05, 0.1) is 96.1 Å². The number of nitrogens with zero attached hydrogens (tertiary/aromatic N) is 1. The smallest absolute Gasteiger partial charge is 0.295 e. The molecule has 37 heteroatoms. The van der Waals surface area contributed by atoms with Crippen LogP contribution in [0.2, 0.25) is 0 Å². The topological polar surface area (TPSA) is 536 Å². The monoisotopic (exact) mass is 1850 g/mol. The van der Waals surface area contributed by atoms with Crippen molar-refractivity contribution in [2.45, 2.75) is 384 Å². The zero-order valence-corrected chi connectivity index (χ0v) is 78.3. The number of ether oxygens (including phenoxy) is 11. The lowest BCUT2D eigenvalue weighted by atomic mass is 9.82. The number of carbonyl (C=O) groups excluding carboxylic acids is 10. The Bertz CT molecular complexity index is 2980. The maximum atomic E-state index is 14.1. The molecule has 0 aromatic rings. The van der Waals surface area contributed by atoms with Crippen LogP contribution in [0.25, 0.3) is 0 Å². The summed E-state index contributed by atoms with van der Waals surface area (Å²) in [4.78, 5) is 133. The molecule has 5 amide bonds. The van der Waals surface area contributed by atoms with Crippen molar-refractivity contribution in [3.8, 4) is 0 Å². The summed E-state index contributed by atoms with van der Waals surface area (Å²) in [6.45, 7) is 14.2. The summed E-state index contributed by atoms with van der Waals surface area (Å²) < 4.78 is 64.6. The normalized spacial score (nSPS) is 26.5. The molecule has 14 N–H and O–H groups in total. The highest BCUT2D eigenvalue weighted by molar-refractivity contribution is 5.81. The number of hydrogen-bond acceptors (Lipinski definition) is 32. The molecule has 0 bridgehead atoms. The van der Waals surface area contributed by atoms with Gasteiger partial charge in [-0.05, 0) is 94.8 Å². The largest absolute Gasteiger partial charge is 0.435 e. The van der Waals surface area contributed by atoms with Crippen molar-refractivity contribution in [1.29, 1.82) is 0 Å². The van der Waals surface area contributed by atoms with E-state index in [1.807, 2.05) is 34.6 Å². The number of hydrogen-bond donors (Lipinski definition) is 14. The second-order valence-electron chi connectivity index (χ2n) is 36.7. The summed E-state index contributed by atoms with van der Waals surface area (Å²) in [5, 5.41) is 109. The number of aliphatic hydroxyl groups excluding tert-OH is 9. The molecule has 4 rings (SSSR count). The molecule has 9 unspecified atom stereocenters. The van der Waals surface area contributed by atoms with Gasteiger partial charge in [0, 0.05) is 148 Å². The van der Waals surface area contributed by atoms with Crippen molar-refractivity contribution in [2.75, 3.05) is 106 Å². The Morgan fingerprint density at radius 3 is 1.25 bits per heavy atom. The number of nitrogens with one attached hydrogen (secondary N) is 5. The van der Waals surface area contributed by atoms with Gasteiger partial charge in [-0.25, -0.2) is 0 Å². The molecule has 4 saturated heterocycles. The summed E-state index contributed by atoms with van der Waals surface area (Å²) in [7, 11) is 0. The Balaban J connectivity index is 1.28. The number of aliphatic hydroxyl groups is 9. The van der Waals surface area contributed by atoms with E-state index in [0.717, 1.165) is 57.8 Å². The molecule has 37 nitrogen and oxygen atoms in total. The van der Waals surface area contributed by atoms with Crippen LogP contribution in [0.3, 0.4) is 0 Å². The van der Waals surface area contributed by atoms with Crippen molar-refractivity contribution >= 4 is 65.4 Å². The van der Waals surface area contributed by atoms with Crippen molar-refractivity contribution in [3.63, 3.8) is 0 Å². The standard InChI is InChI=1S/C92H162N6O31/c1-63-64(2)87(126-74(54-99)82(63)113)121-46-28-24-36-68(104)32-19-17-21-34-70(106)40-49-118-59-91(60-119-50-41-71(107)35-22-18-20-33-69(105)37-25-29-47-122-88-65(3)83(114)85(116)75(55-100)127-88,61-120-51-42-78(110)94-45-31-44-93-77(109)38-26-30-48-123-89-66(4)84(115)86(117)76(56-101)128-89)98-79(111)39-23-15-13-11-9-10-12-14-16-27-43-95-80(112)57-125-96-53-73-81(97-67(5)103)72(108)52-92(129-73,124-62-102)58-90(6,7)8/h53,62-66,72-76,81-89,99-101,108,113-117H,9-52,54-61H2,1-8H3,(H,93,109)(H,94,110)(H,95,112)(H,97,103)(H,98,111)/t63?,64-,65-,66-,72?,73?,74?,75?,76?,81+,82+,83?,84?,85-,86-,87+,88+,89+,91?,92+/m1/s1. The maximum Gasteiger partial charge on any atom is 0.295 e. The van der Waals surface area contributed by atoms with Crippen molar-refractivity contribution in [1.82, 2.24) is 26.6 Å². The molecule has 4 heterocycles. The first-order valence-electron chi connectivity index (χ1n) is 47.6. The van der Waals surface area contributed by atoms with Gasteiger partial charge in [-0.15, -0.1) is 0 Å². The molecule has 0 aromatic carbocycles. The fourth-order valence-corrected chi connectivity index (χ4v) is 16.1. The summed E-state index contributed by atoms with van der Waals surface area (Å²) in [6.07, 6.45) is 7.67. The van der Waals surface area contributed by atoms with Gasteiger partial charge in [-0.2, -0.15) is 0 Å². The van der Waals surface area contributed by atoms with Gasteiger partial charge in [0.2, 0.25) is 29.4 Å². The second kappa shape index (κ2) is 65.8. The van der Waals surface area contributed by atoms with E-state index in [-0.39, 0.29) is 188 Å². The van der Waals surface area contributed by atoms with Crippen LogP contribution in [0.4, 0.5) is 0 Å². The minimum atomic E-state index is -1.49. The van der Waals surface area contributed by atoms with E-state index in [2.05, 4.69) is 31.7 Å². The van der Waals surface area contributed by atoms with Crippen LogP contribution in [-0.2, 0) is 105 Å². The van der Waals surface area contributed by atoms with E-state index in [4.69, 9.17) is 56.9 Å². The quantitative estimate of drug-likeness (QED) is 0.0159. The first-order chi connectivity index (χ1) is 61.7. The van der Waals surface area contributed by atoms with Gasteiger partial charge < -0.3 is 129 Å². The van der Waals surface area contributed by atoms with E-state index in [9.17, 15) is 93.9 Å². The van der Waals surface area contributed by atoms with Gasteiger partial charge in [0.1, 0.15) is 65.3 Å². The molecule has 0 aliphatic carbocycles. The highest BCUT2D eigenvalue weighted by Gasteiger charge is 2.51. The molecule has 4 aliphatic rings. The zero-order chi connectivity index (χ0) is 95.0. The van der Waals surface area contributed by atoms with E-state index < -0.39 is 141 Å². The number of Topliss-reactive ketones (excluding diaryl/α,β-unsaturated/α-hetero) is 4. The van der Waals surface area contributed by atoms with Gasteiger partial charge in [0.15, 0.2) is 25.5 Å². The van der Waals surface area contributed by atoms with E-state index in [0.29, 0.717) is 135 Å². The molecule has 129 heavy (non-hydrogen) atoms. The van der Waals surface area contributed by atoms with Crippen LogP contribution >= 0.6 is 0 Å². The lowest BCUT2D eigenvalue weighted by molar-refractivity contribution is -0.282. The van der Waals surface area contributed by atoms with Gasteiger partial charge >= 0.3 is 0 Å². The molecular weight excluding hydrogens is 1690 g/mol. The summed E-state index contributed by atoms with van der Waals surface area (Å²) in [6, 6.07) is -0.924. The molecule has 0 saturated carbocycles. The van der Waals surface area contributed by atoms with Gasteiger partial charge in [-0.3, -0.25) is 47.9 Å². The summed E-state index contributed by atoms with van der Waals surface area (Å²) in [5.74, 6) is -4.25. The average molecular weight is 1850 g/mol. The molecular formula is C92H162N6O31. The Hall–Kier alpha value is -5.79. The number of unbranched alkanes of at least 4 members (excludes halogenated alkanes) is 16. The van der Waals surface area contributed by atoms with Crippen LogP contribution in [-0.4, -0.2) is 314 Å². The minimum Gasteiger partial charge on any atom is -0.435 e. The molecule has 4 aliphatic heterocycles. The van der Waals surface area contributed by atoms with Gasteiger partial charge in [0.25, 0.3) is 12.4 Å². The number of amides is 5. The Labute approximate surface area is 763 Å². The Morgan fingerprint density at radius 2 is 0.798 bits per heavy atom. The van der Waals surface area contributed by atoms with Crippen LogP contribution in [0.15, 0.2) is 5.16 Å². The molecule has 20 atom stereocenters. The third-order valence-corrected chi connectivity index (χ3v) is 24.0. The second-order valence-corrected chi connectivity index (χ2v) is 36.7. The predicted molar refractivity (Wildman–Crippen MR) is 473 cm³/mol. The van der Waals surface area contributed by atoms with Crippen LogP contribution in [0.5, 0.6) is 0 Å². The fourth-order valence-electron chi connectivity index (χ4n) is 16.1. The Kier molecular flexibility index (Phi) is 58.9.